The fraction of sp³-hybridized carbons (Fsp3) is 0.462. The maximum atomic E-state index is 5.05. The van der Waals surface area contributed by atoms with Gasteiger partial charge in [-0.05, 0) is 18.2 Å². The molecule has 0 bridgehead atoms. The molecule has 0 saturated heterocycles. The van der Waals surface area contributed by atoms with Crippen LogP contribution in [-0.4, -0.2) is 21.7 Å². The van der Waals surface area contributed by atoms with Crippen LogP contribution in [0.5, 0.6) is 0 Å². The molecule has 2 aromatic rings. The summed E-state index contributed by atoms with van der Waals surface area (Å²) in [5.74, 6) is 2.16. The van der Waals surface area contributed by atoms with E-state index in [0.29, 0.717) is 11.8 Å². The third-order valence-corrected chi connectivity index (χ3v) is 2.96. The summed E-state index contributed by atoms with van der Waals surface area (Å²) in [5.41, 5.74) is 2.14. The highest BCUT2D eigenvalue weighted by atomic mass is 79.9. The number of aromatic amines is 1. The van der Waals surface area contributed by atoms with Gasteiger partial charge in [-0.15, -0.1) is 23.2 Å². The zero-order valence-electron chi connectivity index (χ0n) is 10.9. The Bertz CT molecular complexity index is 441. The summed E-state index contributed by atoms with van der Waals surface area (Å²) in [6, 6.07) is 6.05. The average molecular weight is 354 g/mol. The number of rotatable bonds is 2. The van der Waals surface area contributed by atoms with Crippen molar-refractivity contribution in [3.8, 4) is 0 Å². The molecule has 5 heteroatoms. The van der Waals surface area contributed by atoms with Crippen LogP contribution in [0, 0.1) is 0 Å². The first-order valence-electron chi connectivity index (χ1n) is 5.97. The molecule has 0 spiro atoms. The quantitative estimate of drug-likeness (QED) is 0.721. The molecule has 0 aliphatic carbocycles. The summed E-state index contributed by atoms with van der Waals surface area (Å²) in [5, 5.41) is 0. The smallest absolute Gasteiger partial charge is 0.106 e. The Hall–Kier alpha value is -0.250. The van der Waals surface area contributed by atoms with E-state index in [1.807, 2.05) is 32.0 Å². The van der Waals surface area contributed by atoms with Crippen LogP contribution in [0.1, 0.15) is 26.6 Å². The molecule has 1 aromatic carbocycles. The lowest BCUT2D eigenvalue weighted by molar-refractivity contribution is 1.00. The van der Waals surface area contributed by atoms with E-state index in [1.54, 1.807) is 0 Å². The normalized spacial score (nSPS) is 9.22. The Morgan fingerprint density at radius 3 is 2.33 bits per heavy atom. The number of fused-ring (bicyclic) bond motifs is 1. The van der Waals surface area contributed by atoms with Gasteiger partial charge in [-0.1, -0.05) is 36.7 Å². The number of nitrogens with one attached hydrogen (secondary N) is 1. The Kier molecular flexibility index (Phi) is 10.5. The van der Waals surface area contributed by atoms with Crippen molar-refractivity contribution in [3.63, 3.8) is 0 Å². The molecule has 0 unspecified atom stereocenters. The van der Waals surface area contributed by atoms with Gasteiger partial charge in [0.15, 0.2) is 0 Å². The molecule has 0 amide bonds. The number of aryl methyl sites for hydroxylation is 1. The molecule has 18 heavy (non-hydrogen) atoms. The molecular weight excluding hydrogens is 335 g/mol. The van der Waals surface area contributed by atoms with E-state index in [1.165, 1.54) is 0 Å². The monoisotopic (exact) mass is 352 g/mol. The number of aromatic nitrogens is 2. The summed E-state index contributed by atoms with van der Waals surface area (Å²) in [4.78, 5) is 7.64. The molecule has 1 heterocycles. The van der Waals surface area contributed by atoms with Gasteiger partial charge in [-0.2, -0.15) is 0 Å². The summed E-state index contributed by atoms with van der Waals surface area (Å²) < 4.78 is 1.08. The van der Waals surface area contributed by atoms with Crippen LogP contribution >= 0.6 is 39.1 Å². The molecule has 0 fully saturated rings. The standard InChI is InChI=1S/C9H9BrN2.C2H4Cl2.C2H6/c1-2-9-11-7-4-3-6(10)5-8(7)12-9;3-1-2-4;1-2/h3-5H,2H2,1H3,(H,11,12);1-2H2;1-2H3. The van der Waals surface area contributed by atoms with Crippen molar-refractivity contribution in [3.05, 3.63) is 28.5 Å². The molecule has 0 radical (unpaired) electrons. The van der Waals surface area contributed by atoms with E-state index < -0.39 is 0 Å². The summed E-state index contributed by atoms with van der Waals surface area (Å²) >= 11 is 13.5. The second-order valence-electron chi connectivity index (χ2n) is 3.08. The number of hydrogen-bond donors (Lipinski definition) is 1. The molecule has 2 rings (SSSR count). The molecule has 2 nitrogen and oxygen atoms in total. The first-order valence-corrected chi connectivity index (χ1v) is 7.83. The minimum absolute atomic E-state index is 0.557. The van der Waals surface area contributed by atoms with Gasteiger partial charge in [0.2, 0.25) is 0 Å². The van der Waals surface area contributed by atoms with Crippen molar-refractivity contribution in [2.45, 2.75) is 27.2 Å². The summed E-state index contributed by atoms with van der Waals surface area (Å²) in [7, 11) is 0. The summed E-state index contributed by atoms with van der Waals surface area (Å²) in [6.07, 6.45) is 0.951. The van der Waals surface area contributed by atoms with Crippen molar-refractivity contribution in [1.29, 1.82) is 0 Å². The zero-order valence-corrected chi connectivity index (χ0v) is 14.0. The molecule has 0 saturated carbocycles. The second-order valence-corrected chi connectivity index (χ2v) is 4.75. The van der Waals surface area contributed by atoms with E-state index in [-0.39, 0.29) is 0 Å². The lowest BCUT2D eigenvalue weighted by atomic mass is 10.3. The van der Waals surface area contributed by atoms with Gasteiger partial charge in [-0.25, -0.2) is 4.98 Å². The van der Waals surface area contributed by atoms with Gasteiger partial charge >= 0.3 is 0 Å². The fourth-order valence-electron chi connectivity index (χ4n) is 1.20. The third-order valence-electron chi connectivity index (χ3n) is 1.90. The van der Waals surface area contributed by atoms with Crippen molar-refractivity contribution in [1.82, 2.24) is 9.97 Å². The Morgan fingerprint density at radius 1 is 1.22 bits per heavy atom. The van der Waals surface area contributed by atoms with Crippen molar-refractivity contribution < 1.29 is 0 Å². The van der Waals surface area contributed by atoms with Crippen LogP contribution in [-0.2, 0) is 6.42 Å². The highest BCUT2D eigenvalue weighted by Crippen LogP contribution is 2.17. The second kappa shape index (κ2) is 10.7. The predicted molar refractivity (Wildman–Crippen MR) is 86.0 cm³/mol. The number of benzene rings is 1. The van der Waals surface area contributed by atoms with Crippen molar-refractivity contribution >= 4 is 50.2 Å². The van der Waals surface area contributed by atoms with Crippen LogP contribution in [0.2, 0.25) is 0 Å². The first kappa shape index (κ1) is 17.8. The van der Waals surface area contributed by atoms with Gasteiger partial charge in [-0.3, -0.25) is 0 Å². The Labute approximate surface area is 127 Å². The van der Waals surface area contributed by atoms with Gasteiger partial charge < -0.3 is 4.98 Å². The highest BCUT2D eigenvalue weighted by Gasteiger charge is 1.99. The van der Waals surface area contributed by atoms with E-state index in [0.717, 1.165) is 27.8 Å². The van der Waals surface area contributed by atoms with Gasteiger partial charge in [0, 0.05) is 22.7 Å². The molecule has 1 aromatic heterocycles. The minimum atomic E-state index is 0.557. The molecule has 102 valence electrons. The maximum absolute atomic E-state index is 5.05. The minimum Gasteiger partial charge on any atom is -0.342 e. The molecule has 1 N–H and O–H groups in total. The van der Waals surface area contributed by atoms with Crippen LogP contribution < -0.4 is 0 Å². The number of alkyl halides is 2. The number of nitrogens with zero attached hydrogens (tertiary/aromatic N) is 1. The third kappa shape index (κ3) is 6.07. The number of imidazole rings is 1. The van der Waals surface area contributed by atoms with E-state index in [9.17, 15) is 0 Å². The van der Waals surface area contributed by atoms with Crippen LogP contribution in [0.3, 0.4) is 0 Å². The van der Waals surface area contributed by atoms with Crippen LogP contribution in [0.25, 0.3) is 11.0 Å². The first-order chi connectivity index (χ1) is 8.71. The van der Waals surface area contributed by atoms with E-state index in [4.69, 9.17) is 23.2 Å². The number of hydrogen-bond acceptors (Lipinski definition) is 1. The predicted octanol–water partition coefficient (Wildman–Crippen LogP) is 5.38. The molecule has 0 aliphatic heterocycles. The van der Waals surface area contributed by atoms with Crippen molar-refractivity contribution in [2.24, 2.45) is 0 Å². The highest BCUT2D eigenvalue weighted by molar-refractivity contribution is 9.10. The van der Waals surface area contributed by atoms with E-state index >= 15 is 0 Å². The summed E-state index contributed by atoms with van der Waals surface area (Å²) in [6.45, 7) is 6.09. The lowest BCUT2D eigenvalue weighted by Gasteiger charge is -1.87. The molecular formula is C13H19BrCl2N2. The van der Waals surface area contributed by atoms with E-state index in [2.05, 4.69) is 32.8 Å². The van der Waals surface area contributed by atoms with Gasteiger partial charge in [0.1, 0.15) is 5.82 Å². The van der Waals surface area contributed by atoms with Gasteiger partial charge in [0.25, 0.3) is 0 Å². The Balaban J connectivity index is 0.000000415. The lowest BCUT2D eigenvalue weighted by Crippen LogP contribution is -1.79. The number of H-pyrrole nitrogens is 1. The van der Waals surface area contributed by atoms with Crippen LogP contribution in [0.15, 0.2) is 22.7 Å². The molecule has 0 atom stereocenters. The van der Waals surface area contributed by atoms with Gasteiger partial charge in [0.05, 0.1) is 11.0 Å². The molecule has 0 aliphatic rings. The van der Waals surface area contributed by atoms with Crippen molar-refractivity contribution in [2.75, 3.05) is 11.8 Å². The zero-order chi connectivity index (χ0) is 14.0. The topological polar surface area (TPSA) is 28.7 Å². The Morgan fingerprint density at radius 2 is 1.83 bits per heavy atom. The maximum Gasteiger partial charge on any atom is 0.106 e. The SMILES string of the molecule is CC.CCc1nc2ccc(Br)cc2[nH]1.ClCCCl. The van der Waals surface area contributed by atoms with Crippen LogP contribution in [0.4, 0.5) is 0 Å². The largest absolute Gasteiger partial charge is 0.342 e. The average Bonchev–Trinajstić information content (AvgIpc) is 2.83. The number of halogens is 3. The fourth-order valence-corrected chi connectivity index (χ4v) is 1.56.